The number of carbonyl (C=O) groups is 2. The second-order valence-corrected chi connectivity index (χ2v) is 5.97. The minimum absolute atomic E-state index is 0.0451. The third kappa shape index (κ3) is 8.11. The fourth-order valence-electron chi connectivity index (χ4n) is 2.31. The second-order valence-electron chi connectivity index (χ2n) is 5.97. The van der Waals surface area contributed by atoms with E-state index in [1.165, 1.54) is 4.90 Å². The molecule has 150 valence electrons. The maximum Gasteiger partial charge on any atom is 0.422 e. The Hall–Kier alpha value is -3.03. The molecule has 2 aromatic carbocycles. The zero-order valence-corrected chi connectivity index (χ0v) is 15.0. The van der Waals surface area contributed by atoms with Crippen molar-refractivity contribution in [2.45, 2.75) is 25.7 Å². The SMILES string of the molecule is O=C(CCN(Cc1ccccc1)C(=O)OCc1ccccc1)OCC(F)(F)F. The Bertz CT molecular complexity index is 751. The molecule has 0 aliphatic rings. The molecule has 0 saturated heterocycles. The van der Waals surface area contributed by atoms with E-state index in [1.54, 1.807) is 36.4 Å². The van der Waals surface area contributed by atoms with Crippen molar-refractivity contribution in [1.29, 1.82) is 0 Å². The van der Waals surface area contributed by atoms with Gasteiger partial charge in [-0.1, -0.05) is 60.7 Å². The average Bonchev–Trinajstić information content (AvgIpc) is 2.68. The normalized spacial score (nSPS) is 11.0. The van der Waals surface area contributed by atoms with Crippen LogP contribution in [0.1, 0.15) is 17.5 Å². The lowest BCUT2D eigenvalue weighted by atomic mass is 10.2. The first kappa shape index (κ1) is 21.3. The highest BCUT2D eigenvalue weighted by Gasteiger charge is 2.29. The summed E-state index contributed by atoms with van der Waals surface area (Å²) in [6.45, 7) is -1.58. The topological polar surface area (TPSA) is 55.8 Å². The number of rotatable bonds is 8. The molecule has 0 aliphatic carbocycles. The molecule has 0 saturated carbocycles. The van der Waals surface area contributed by atoms with Crippen LogP contribution in [0.5, 0.6) is 0 Å². The molecule has 0 N–H and O–H groups in total. The van der Waals surface area contributed by atoms with Crippen LogP contribution in [0.15, 0.2) is 60.7 Å². The molecule has 5 nitrogen and oxygen atoms in total. The number of amides is 1. The predicted octanol–water partition coefficient (Wildman–Crippen LogP) is 4.32. The van der Waals surface area contributed by atoms with E-state index in [-0.39, 0.29) is 26.1 Å². The Kier molecular flexibility index (Phi) is 7.86. The highest BCUT2D eigenvalue weighted by atomic mass is 19.4. The van der Waals surface area contributed by atoms with Gasteiger partial charge in [-0.2, -0.15) is 13.2 Å². The molecule has 0 fully saturated rings. The molecule has 0 radical (unpaired) electrons. The van der Waals surface area contributed by atoms with Gasteiger partial charge in [0.1, 0.15) is 6.61 Å². The fourth-order valence-corrected chi connectivity index (χ4v) is 2.31. The van der Waals surface area contributed by atoms with Crippen molar-refractivity contribution < 1.29 is 32.2 Å². The van der Waals surface area contributed by atoms with Crippen molar-refractivity contribution >= 4 is 12.1 Å². The molecule has 0 aliphatic heterocycles. The number of halogens is 3. The van der Waals surface area contributed by atoms with Gasteiger partial charge in [0.15, 0.2) is 6.61 Å². The Morgan fingerprint density at radius 2 is 1.43 bits per heavy atom. The van der Waals surface area contributed by atoms with E-state index in [0.717, 1.165) is 11.1 Å². The lowest BCUT2D eigenvalue weighted by Gasteiger charge is -2.22. The van der Waals surface area contributed by atoms with Gasteiger partial charge in [0.25, 0.3) is 0 Å². The Morgan fingerprint density at radius 1 is 0.857 bits per heavy atom. The summed E-state index contributed by atoms with van der Waals surface area (Å²) in [5.41, 5.74) is 1.59. The van der Waals surface area contributed by atoms with Gasteiger partial charge in [-0.25, -0.2) is 4.79 Å². The number of hydrogen-bond donors (Lipinski definition) is 0. The van der Waals surface area contributed by atoms with E-state index in [4.69, 9.17) is 4.74 Å². The van der Waals surface area contributed by atoms with Crippen LogP contribution in [-0.2, 0) is 27.4 Å². The minimum atomic E-state index is -4.59. The molecule has 8 heteroatoms. The smallest absolute Gasteiger partial charge is 0.422 e. The molecule has 0 bridgehead atoms. The molecule has 28 heavy (non-hydrogen) atoms. The zero-order chi connectivity index (χ0) is 20.4. The standard InChI is InChI=1S/C20H20F3NO4/c21-20(22,23)15-28-18(25)11-12-24(13-16-7-3-1-4-8-16)19(26)27-14-17-9-5-2-6-10-17/h1-10H,11-15H2. The second kappa shape index (κ2) is 10.3. The van der Waals surface area contributed by atoms with E-state index in [2.05, 4.69) is 4.74 Å². The average molecular weight is 395 g/mol. The fraction of sp³-hybridized carbons (Fsp3) is 0.300. The van der Waals surface area contributed by atoms with Gasteiger partial charge in [-0.15, -0.1) is 0 Å². The van der Waals surface area contributed by atoms with Crippen molar-refractivity contribution in [3.8, 4) is 0 Å². The summed E-state index contributed by atoms with van der Waals surface area (Å²) in [5.74, 6) is -1.04. The van der Waals surface area contributed by atoms with Crippen LogP contribution in [0.25, 0.3) is 0 Å². The van der Waals surface area contributed by atoms with Crippen LogP contribution in [0.2, 0.25) is 0 Å². The summed E-state index contributed by atoms with van der Waals surface area (Å²) in [4.78, 5) is 25.2. The molecular weight excluding hydrogens is 375 g/mol. The van der Waals surface area contributed by atoms with Gasteiger partial charge in [0.05, 0.1) is 6.42 Å². The van der Waals surface area contributed by atoms with Crippen LogP contribution >= 0.6 is 0 Å². The van der Waals surface area contributed by atoms with Gasteiger partial charge < -0.3 is 14.4 Å². The molecule has 0 spiro atoms. The Balaban J connectivity index is 1.94. The predicted molar refractivity (Wildman–Crippen MR) is 95.1 cm³/mol. The molecule has 0 atom stereocenters. The van der Waals surface area contributed by atoms with Gasteiger partial charge in [-0.3, -0.25) is 4.79 Å². The number of benzene rings is 2. The van der Waals surface area contributed by atoms with Crippen LogP contribution in [0.4, 0.5) is 18.0 Å². The Morgan fingerprint density at radius 3 is 2.00 bits per heavy atom. The number of carbonyl (C=O) groups excluding carboxylic acids is 2. The van der Waals surface area contributed by atoms with Crippen molar-refractivity contribution in [3.63, 3.8) is 0 Å². The highest BCUT2D eigenvalue weighted by molar-refractivity contribution is 5.72. The minimum Gasteiger partial charge on any atom is -0.456 e. The third-order valence-electron chi connectivity index (χ3n) is 3.66. The Labute approximate surface area is 160 Å². The van der Waals surface area contributed by atoms with Crippen molar-refractivity contribution in [1.82, 2.24) is 4.90 Å². The quantitative estimate of drug-likeness (QED) is 0.625. The van der Waals surface area contributed by atoms with E-state index in [9.17, 15) is 22.8 Å². The van der Waals surface area contributed by atoms with Crippen molar-refractivity contribution in [3.05, 3.63) is 71.8 Å². The van der Waals surface area contributed by atoms with E-state index in [1.807, 2.05) is 24.3 Å². The highest BCUT2D eigenvalue weighted by Crippen LogP contribution is 2.15. The first-order valence-corrected chi connectivity index (χ1v) is 8.55. The first-order valence-electron chi connectivity index (χ1n) is 8.55. The van der Waals surface area contributed by atoms with E-state index in [0.29, 0.717) is 0 Å². The monoisotopic (exact) mass is 395 g/mol. The lowest BCUT2D eigenvalue weighted by molar-refractivity contribution is -0.186. The molecule has 0 heterocycles. The lowest BCUT2D eigenvalue weighted by Crippen LogP contribution is -2.33. The molecular formula is C20H20F3NO4. The summed E-state index contributed by atoms with van der Waals surface area (Å²) in [6, 6.07) is 18.0. The molecule has 1 amide bonds. The molecule has 2 aromatic rings. The maximum atomic E-state index is 12.4. The van der Waals surface area contributed by atoms with Gasteiger partial charge >= 0.3 is 18.2 Å². The van der Waals surface area contributed by atoms with Crippen LogP contribution in [0, 0.1) is 0 Å². The maximum absolute atomic E-state index is 12.4. The summed E-state index contributed by atoms with van der Waals surface area (Å²) in [5, 5.41) is 0. The molecule has 2 rings (SSSR count). The van der Waals surface area contributed by atoms with Gasteiger partial charge in [0.2, 0.25) is 0 Å². The van der Waals surface area contributed by atoms with Crippen molar-refractivity contribution in [2.24, 2.45) is 0 Å². The van der Waals surface area contributed by atoms with Crippen LogP contribution in [0.3, 0.4) is 0 Å². The van der Waals surface area contributed by atoms with E-state index < -0.39 is 24.8 Å². The molecule has 0 aromatic heterocycles. The first-order chi connectivity index (χ1) is 13.3. The number of nitrogens with zero attached hydrogens (tertiary/aromatic N) is 1. The van der Waals surface area contributed by atoms with Crippen LogP contribution in [-0.4, -0.2) is 36.3 Å². The zero-order valence-electron chi connectivity index (χ0n) is 15.0. The molecule has 0 unspecified atom stereocenters. The number of ether oxygens (including phenoxy) is 2. The van der Waals surface area contributed by atoms with Crippen molar-refractivity contribution in [2.75, 3.05) is 13.2 Å². The number of esters is 1. The van der Waals surface area contributed by atoms with E-state index >= 15 is 0 Å². The number of hydrogen-bond acceptors (Lipinski definition) is 4. The summed E-state index contributed by atoms with van der Waals surface area (Å²) in [7, 11) is 0. The van der Waals surface area contributed by atoms with Gasteiger partial charge in [0, 0.05) is 13.1 Å². The number of alkyl halides is 3. The third-order valence-corrected chi connectivity index (χ3v) is 3.66. The van der Waals surface area contributed by atoms with Crippen LogP contribution < -0.4 is 0 Å². The summed E-state index contributed by atoms with van der Waals surface area (Å²) in [6.07, 6.45) is -5.63. The van der Waals surface area contributed by atoms with Gasteiger partial charge in [-0.05, 0) is 11.1 Å². The largest absolute Gasteiger partial charge is 0.456 e. The summed E-state index contributed by atoms with van der Waals surface area (Å²) < 4.78 is 45.8. The summed E-state index contributed by atoms with van der Waals surface area (Å²) >= 11 is 0.